The van der Waals surface area contributed by atoms with Crippen LogP contribution in [0.4, 0.5) is 0 Å². The zero-order valence-corrected chi connectivity index (χ0v) is 17.9. The number of hydrogen-bond donors (Lipinski definition) is 1. The number of carbonyl (C=O) groups is 2. The van der Waals surface area contributed by atoms with Crippen molar-refractivity contribution in [3.05, 3.63) is 23.8 Å². The minimum atomic E-state index is -0.0915. The number of rotatable bonds is 6. The van der Waals surface area contributed by atoms with Gasteiger partial charge in [0.25, 0.3) is 0 Å². The van der Waals surface area contributed by atoms with Gasteiger partial charge in [-0.2, -0.15) is 0 Å². The molecule has 0 aliphatic carbocycles. The smallest absolute Gasteiger partial charge is 0.234 e. The Kier molecular flexibility index (Phi) is 7.00. The summed E-state index contributed by atoms with van der Waals surface area (Å²) in [4.78, 5) is 28.6. The lowest BCUT2D eigenvalue weighted by Gasteiger charge is -2.32. The molecule has 1 unspecified atom stereocenters. The second-order valence-corrected chi connectivity index (χ2v) is 8.48. The number of carbonyl (C=O) groups excluding carboxylic acids is 2. The van der Waals surface area contributed by atoms with Crippen LogP contribution in [0.5, 0.6) is 11.5 Å². The molecule has 7 heteroatoms. The molecule has 2 heterocycles. The third-order valence-electron chi connectivity index (χ3n) is 5.65. The van der Waals surface area contributed by atoms with Crippen LogP contribution in [0.15, 0.2) is 18.2 Å². The maximum Gasteiger partial charge on any atom is 0.234 e. The molecule has 3 rings (SSSR count). The first kappa shape index (κ1) is 21.4. The quantitative estimate of drug-likeness (QED) is 0.787. The van der Waals surface area contributed by atoms with E-state index in [2.05, 4.69) is 24.1 Å². The van der Waals surface area contributed by atoms with E-state index in [0.717, 1.165) is 43.0 Å². The maximum absolute atomic E-state index is 12.7. The van der Waals surface area contributed by atoms with E-state index < -0.39 is 0 Å². The number of nitrogens with zero attached hydrogens (tertiary/aromatic N) is 2. The third-order valence-corrected chi connectivity index (χ3v) is 5.65. The van der Waals surface area contributed by atoms with Gasteiger partial charge in [-0.15, -0.1) is 0 Å². The summed E-state index contributed by atoms with van der Waals surface area (Å²) in [6, 6.07) is 5.79. The van der Waals surface area contributed by atoms with Gasteiger partial charge in [0, 0.05) is 20.0 Å². The van der Waals surface area contributed by atoms with Crippen molar-refractivity contribution in [2.45, 2.75) is 32.7 Å². The number of piperidine rings is 1. The molecule has 0 radical (unpaired) electrons. The van der Waals surface area contributed by atoms with E-state index in [1.807, 2.05) is 18.2 Å². The van der Waals surface area contributed by atoms with Gasteiger partial charge in [-0.25, -0.2) is 0 Å². The molecule has 0 bridgehead atoms. The fourth-order valence-corrected chi connectivity index (χ4v) is 4.01. The van der Waals surface area contributed by atoms with Crippen LogP contribution in [0.25, 0.3) is 0 Å². The number of benzene rings is 1. The van der Waals surface area contributed by atoms with E-state index >= 15 is 0 Å². The average molecular weight is 404 g/mol. The van der Waals surface area contributed by atoms with Crippen LogP contribution in [0.3, 0.4) is 0 Å². The second-order valence-electron chi connectivity index (χ2n) is 8.48. The highest BCUT2D eigenvalue weighted by molar-refractivity contribution is 5.79. The van der Waals surface area contributed by atoms with Crippen LogP contribution in [0, 0.1) is 11.8 Å². The summed E-state index contributed by atoms with van der Waals surface area (Å²) in [6.07, 6.45) is 1.61. The summed E-state index contributed by atoms with van der Waals surface area (Å²) in [6.45, 7) is 7.20. The molecular weight excluding hydrogens is 370 g/mol. The molecule has 29 heavy (non-hydrogen) atoms. The lowest BCUT2D eigenvalue weighted by molar-refractivity contribution is -0.134. The summed E-state index contributed by atoms with van der Waals surface area (Å²) in [5, 5.41) is 3.19. The Bertz CT molecular complexity index is 727. The molecule has 1 fully saturated rings. The fraction of sp³-hybridized carbons (Fsp3) is 0.636. The topological polar surface area (TPSA) is 71.1 Å². The average Bonchev–Trinajstić information content (AvgIpc) is 2.71. The van der Waals surface area contributed by atoms with E-state index in [9.17, 15) is 9.59 Å². The number of ether oxygens (including phenoxy) is 2. The van der Waals surface area contributed by atoms with E-state index in [1.54, 1.807) is 19.0 Å². The summed E-state index contributed by atoms with van der Waals surface area (Å²) >= 11 is 0. The highest BCUT2D eigenvalue weighted by atomic mass is 16.6. The van der Waals surface area contributed by atoms with Gasteiger partial charge in [0.05, 0.1) is 12.6 Å². The van der Waals surface area contributed by atoms with Crippen molar-refractivity contribution >= 4 is 11.8 Å². The van der Waals surface area contributed by atoms with E-state index in [0.29, 0.717) is 19.8 Å². The molecule has 1 atom stereocenters. The first-order chi connectivity index (χ1) is 13.8. The van der Waals surface area contributed by atoms with E-state index in [4.69, 9.17) is 9.47 Å². The van der Waals surface area contributed by atoms with Crippen LogP contribution in [-0.4, -0.2) is 68.6 Å². The van der Waals surface area contributed by atoms with Gasteiger partial charge < -0.3 is 19.7 Å². The Morgan fingerprint density at radius 3 is 2.41 bits per heavy atom. The zero-order valence-electron chi connectivity index (χ0n) is 17.9. The standard InChI is InChI=1S/C22H33N3O4/c1-15(2)21(17-5-6-18-19(13-17)29-12-11-28-18)23-20(26)14-25-9-7-16(8-10-25)22(27)24(3)4/h5-6,13,15-16,21H,7-12,14H2,1-4H3,(H,23,26). The summed E-state index contributed by atoms with van der Waals surface area (Å²) < 4.78 is 11.3. The van der Waals surface area contributed by atoms with Crippen LogP contribution in [0.2, 0.25) is 0 Å². The number of amides is 2. The Balaban J connectivity index is 1.56. The molecule has 7 nitrogen and oxygen atoms in total. The van der Waals surface area contributed by atoms with Gasteiger partial charge in [0.2, 0.25) is 11.8 Å². The second kappa shape index (κ2) is 9.48. The molecule has 2 amide bonds. The monoisotopic (exact) mass is 403 g/mol. The van der Waals surface area contributed by atoms with E-state index in [-0.39, 0.29) is 29.7 Å². The first-order valence-corrected chi connectivity index (χ1v) is 10.5. The predicted octanol–water partition coefficient (Wildman–Crippen LogP) is 2.07. The van der Waals surface area contributed by atoms with Crippen LogP contribution < -0.4 is 14.8 Å². The Morgan fingerprint density at radius 2 is 1.79 bits per heavy atom. The van der Waals surface area contributed by atoms with Crippen molar-refractivity contribution in [3.63, 3.8) is 0 Å². The van der Waals surface area contributed by atoms with Crippen molar-refractivity contribution in [3.8, 4) is 11.5 Å². The van der Waals surface area contributed by atoms with Gasteiger partial charge in [-0.3, -0.25) is 14.5 Å². The van der Waals surface area contributed by atoms with Crippen molar-refractivity contribution in [2.75, 3.05) is 46.9 Å². The van der Waals surface area contributed by atoms with Gasteiger partial charge in [-0.1, -0.05) is 19.9 Å². The summed E-state index contributed by atoms with van der Waals surface area (Å²) in [5.74, 6) is 2.00. The summed E-state index contributed by atoms with van der Waals surface area (Å²) in [5.41, 5.74) is 1.02. The van der Waals surface area contributed by atoms with E-state index in [1.165, 1.54) is 0 Å². The van der Waals surface area contributed by atoms with Crippen LogP contribution in [-0.2, 0) is 9.59 Å². The Labute approximate surface area is 173 Å². The first-order valence-electron chi connectivity index (χ1n) is 10.5. The predicted molar refractivity (Wildman–Crippen MR) is 111 cm³/mol. The molecule has 2 aliphatic heterocycles. The van der Waals surface area contributed by atoms with Gasteiger partial charge in [0.1, 0.15) is 13.2 Å². The fourth-order valence-electron chi connectivity index (χ4n) is 4.01. The molecule has 1 aromatic carbocycles. The molecule has 1 N–H and O–H groups in total. The maximum atomic E-state index is 12.7. The molecule has 1 aromatic rings. The normalized spacial score (nSPS) is 18.4. The minimum absolute atomic E-state index is 0.0102. The van der Waals surface area contributed by atoms with Gasteiger partial charge in [0.15, 0.2) is 11.5 Å². The number of fused-ring (bicyclic) bond motifs is 1. The highest BCUT2D eigenvalue weighted by Crippen LogP contribution is 2.34. The highest BCUT2D eigenvalue weighted by Gasteiger charge is 2.28. The zero-order chi connectivity index (χ0) is 21.0. The van der Waals surface area contributed by atoms with Crippen molar-refractivity contribution < 1.29 is 19.1 Å². The van der Waals surface area contributed by atoms with Crippen molar-refractivity contribution in [2.24, 2.45) is 11.8 Å². The Morgan fingerprint density at radius 1 is 1.14 bits per heavy atom. The Hall–Kier alpha value is -2.28. The molecular formula is C22H33N3O4. The van der Waals surface area contributed by atoms with Crippen LogP contribution >= 0.6 is 0 Å². The largest absolute Gasteiger partial charge is 0.486 e. The summed E-state index contributed by atoms with van der Waals surface area (Å²) in [7, 11) is 3.60. The molecule has 0 aromatic heterocycles. The number of hydrogen-bond acceptors (Lipinski definition) is 5. The van der Waals surface area contributed by atoms with Crippen molar-refractivity contribution in [1.82, 2.24) is 15.1 Å². The van der Waals surface area contributed by atoms with Crippen molar-refractivity contribution in [1.29, 1.82) is 0 Å². The minimum Gasteiger partial charge on any atom is -0.486 e. The van der Waals surface area contributed by atoms with Gasteiger partial charge in [-0.05, 0) is 49.5 Å². The lowest BCUT2D eigenvalue weighted by Crippen LogP contribution is -2.45. The molecule has 2 aliphatic rings. The van der Waals surface area contributed by atoms with Gasteiger partial charge >= 0.3 is 0 Å². The molecule has 0 spiro atoms. The lowest BCUT2D eigenvalue weighted by atomic mass is 9.94. The molecule has 1 saturated heterocycles. The van der Waals surface area contributed by atoms with Crippen LogP contribution in [0.1, 0.15) is 38.3 Å². The molecule has 0 saturated carbocycles. The third kappa shape index (κ3) is 5.41. The molecule has 160 valence electrons. The number of nitrogens with one attached hydrogen (secondary N) is 1. The SMILES string of the molecule is CC(C)C(NC(=O)CN1CCC(C(=O)N(C)C)CC1)c1ccc2c(c1)OCCO2. The number of likely N-dealkylation sites (tertiary alicyclic amines) is 1.